The topological polar surface area (TPSA) is 122 Å². The molecule has 1 aromatic rings. The zero-order valence-corrected chi connectivity index (χ0v) is 10.0. The molecule has 1 aromatic heterocycles. The van der Waals surface area contributed by atoms with Crippen LogP contribution in [-0.2, 0) is 21.9 Å². The summed E-state index contributed by atoms with van der Waals surface area (Å²) in [5.41, 5.74) is 0. The molecule has 0 aromatic carbocycles. The number of nitrogens with zero attached hydrogens (tertiary/aromatic N) is 2. The average Bonchev–Trinajstić information content (AvgIpc) is 2.61. The zero-order chi connectivity index (χ0) is 13.2. The van der Waals surface area contributed by atoms with Gasteiger partial charge in [0.15, 0.2) is 5.03 Å². The van der Waals surface area contributed by atoms with Crippen LogP contribution in [0.15, 0.2) is 17.6 Å². The van der Waals surface area contributed by atoms with Crippen molar-refractivity contribution in [1.82, 2.24) is 14.3 Å². The molecule has 0 spiro atoms. The minimum atomic E-state index is -4.05. The van der Waals surface area contributed by atoms with Gasteiger partial charge in [0.2, 0.25) is 0 Å². The molecule has 96 valence electrons. The van der Waals surface area contributed by atoms with Crippen molar-refractivity contribution in [2.24, 2.45) is 7.05 Å². The summed E-state index contributed by atoms with van der Waals surface area (Å²) in [5.74, 6) is -1.46. The van der Waals surface area contributed by atoms with Gasteiger partial charge in [-0.3, -0.25) is 4.79 Å². The van der Waals surface area contributed by atoms with Crippen molar-refractivity contribution in [2.45, 2.75) is 24.1 Å². The van der Waals surface area contributed by atoms with Crippen LogP contribution in [-0.4, -0.2) is 46.3 Å². The summed E-state index contributed by atoms with van der Waals surface area (Å²) in [6, 6.07) is -1.61. The normalized spacial score (nSPS) is 15.5. The second-order valence-corrected chi connectivity index (χ2v) is 5.22. The van der Waals surface area contributed by atoms with E-state index in [0.717, 1.165) is 0 Å². The van der Waals surface area contributed by atoms with Crippen molar-refractivity contribution in [1.29, 1.82) is 0 Å². The molecule has 9 heteroatoms. The molecule has 0 saturated heterocycles. The Morgan fingerprint density at radius 2 is 2.18 bits per heavy atom. The molecule has 0 radical (unpaired) electrons. The number of aromatic nitrogens is 2. The van der Waals surface area contributed by atoms with Crippen molar-refractivity contribution < 1.29 is 23.4 Å². The van der Waals surface area contributed by atoms with Crippen LogP contribution < -0.4 is 4.72 Å². The summed E-state index contributed by atoms with van der Waals surface area (Å²) in [5, 5.41) is 17.6. The molecule has 0 aliphatic heterocycles. The van der Waals surface area contributed by atoms with Gasteiger partial charge in [-0.1, -0.05) is 0 Å². The highest BCUT2D eigenvalue weighted by Gasteiger charge is 2.30. The van der Waals surface area contributed by atoms with Gasteiger partial charge in [0.25, 0.3) is 10.0 Å². The van der Waals surface area contributed by atoms with Crippen molar-refractivity contribution in [3.8, 4) is 0 Å². The number of aryl methyl sites for hydroxylation is 1. The number of carboxylic acids is 1. The Balaban J connectivity index is 2.97. The fourth-order valence-electron chi connectivity index (χ4n) is 1.11. The van der Waals surface area contributed by atoms with E-state index in [2.05, 4.69) is 4.98 Å². The first kappa shape index (κ1) is 13.6. The van der Waals surface area contributed by atoms with Crippen molar-refractivity contribution in [3.63, 3.8) is 0 Å². The predicted octanol–water partition coefficient (Wildman–Crippen LogP) is -1.47. The summed E-state index contributed by atoms with van der Waals surface area (Å²) in [7, 11) is -2.47. The summed E-state index contributed by atoms with van der Waals surface area (Å²) in [4.78, 5) is 14.3. The second-order valence-electron chi connectivity index (χ2n) is 3.56. The SMILES string of the molecule is CC(O)C(NS(=O)(=O)c1cn(C)cn1)C(=O)O. The van der Waals surface area contributed by atoms with Gasteiger partial charge in [-0.15, -0.1) is 0 Å². The summed E-state index contributed by atoms with van der Waals surface area (Å²) >= 11 is 0. The fraction of sp³-hybridized carbons (Fsp3) is 0.500. The average molecular weight is 263 g/mol. The molecular formula is C8H13N3O5S. The number of imidazole rings is 1. The summed E-state index contributed by atoms with van der Waals surface area (Å²) in [6.07, 6.45) is 1.14. The number of rotatable bonds is 5. The molecule has 0 bridgehead atoms. The lowest BCUT2D eigenvalue weighted by molar-refractivity contribution is -0.141. The lowest BCUT2D eigenvalue weighted by Gasteiger charge is -2.15. The van der Waals surface area contributed by atoms with E-state index in [-0.39, 0.29) is 5.03 Å². The van der Waals surface area contributed by atoms with E-state index < -0.39 is 28.1 Å². The Labute approximate surface area is 98.0 Å². The van der Waals surface area contributed by atoms with Gasteiger partial charge in [0, 0.05) is 13.2 Å². The van der Waals surface area contributed by atoms with E-state index in [4.69, 9.17) is 10.2 Å². The first-order valence-electron chi connectivity index (χ1n) is 4.65. The number of aliphatic carboxylic acids is 1. The second kappa shape index (κ2) is 4.82. The number of aliphatic hydroxyl groups is 1. The number of aliphatic hydroxyl groups excluding tert-OH is 1. The molecule has 0 amide bonds. The van der Waals surface area contributed by atoms with E-state index >= 15 is 0 Å². The van der Waals surface area contributed by atoms with Gasteiger partial charge in [-0.05, 0) is 6.92 Å². The van der Waals surface area contributed by atoms with Crippen LogP contribution in [0.1, 0.15) is 6.92 Å². The Morgan fingerprint density at radius 3 is 2.53 bits per heavy atom. The fourth-order valence-corrected chi connectivity index (χ4v) is 2.35. The number of hydrogen-bond donors (Lipinski definition) is 3. The van der Waals surface area contributed by atoms with Crippen LogP contribution in [0.3, 0.4) is 0 Å². The molecule has 0 saturated carbocycles. The number of nitrogens with one attached hydrogen (secondary N) is 1. The van der Waals surface area contributed by atoms with Crippen LogP contribution >= 0.6 is 0 Å². The minimum absolute atomic E-state index is 0.299. The third-order valence-electron chi connectivity index (χ3n) is 1.99. The maximum Gasteiger partial charge on any atom is 0.324 e. The molecule has 1 rings (SSSR count). The highest BCUT2D eigenvalue weighted by Crippen LogP contribution is 2.06. The van der Waals surface area contributed by atoms with Crippen molar-refractivity contribution in [2.75, 3.05) is 0 Å². The molecule has 8 nitrogen and oxygen atoms in total. The van der Waals surface area contributed by atoms with Crippen molar-refractivity contribution >= 4 is 16.0 Å². The molecule has 0 aliphatic carbocycles. The number of hydrogen-bond acceptors (Lipinski definition) is 5. The number of carboxylic acid groups (broad SMARTS) is 1. The molecule has 1 heterocycles. The molecule has 17 heavy (non-hydrogen) atoms. The molecule has 3 N–H and O–H groups in total. The Kier molecular flexibility index (Phi) is 3.86. The van der Waals surface area contributed by atoms with E-state index in [0.29, 0.717) is 0 Å². The monoisotopic (exact) mass is 263 g/mol. The van der Waals surface area contributed by atoms with Gasteiger partial charge >= 0.3 is 5.97 Å². The van der Waals surface area contributed by atoms with Gasteiger partial charge in [0.05, 0.1) is 12.4 Å². The van der Waals surface area contributed by atoms with E-state index in [9.17, 15) is 13.2 Å². The van der Waals surface area contributed by atoms with Crippen LogP contribution in [0.5, 0.6) is 0 Å². The van der Waals surface area contributed by atoms with Gasteiger partial charge in [-0.25, -0.2) is 13.4 Å². The first-order valence-corrected chi connectivity index (χ1v) is 6.13. The maximum absolute atomic E-state index is 11.7. The van der Waals surface area contributed by atoms with E-state index in [1.54, 1.807) is 7.05 Å². The maximum atomic E-state index is 11.7. The molecule has 2 unspecified atom stereocenters. The predicted molar refractivity (Wildman–Crippen MR) is 56.6 cm³/mol. The van der Waals surface area contributed by atoms with Crippen molar-refractivity contribution in [3.05, 3.63) is 12.5 Å². The highest BCUT2D eigenvalue weighted by atomic mass is 32.2. The van der Waals surface area contributed by atoms with Crippen LogP contribution in [0.4, 0.5) is 0 Å². The van der Waals surface area contributed by atoms with Gasteiger partial charge in [0.1, 0.15) is 6.04 Å². The zero-order valence-electron chi connectivity index (χ0n) is 9.23. The Hall–Kier alpha value is -1.45. The molecule has 0 aliphatic rings. The standard InChI is InChI=1S/C8H13N3O5S/c1-5(12)7(8(13)14)10-17(15,16)6-3-11(2)4-9-6/h3-5,7,10,12H,1-2H3,(H,13,14). The van der Waals surface area contributed by atoms with E-state index in [1.807, 2.05) is 4.72 Å². The molecule has 0 fully saturated rings. The van der Waals surface area contributed by atoms with Gasteiger partial charge in [-0.2, -0.15) is 4.72 Å². The van der Waals surface area contributed by atoms with Crippen LogP contribution in [0, 0.1) is 0 Å². The number of carbonyl (C=O) groups is 1. The highest BCUT2D eigenvalue weighted by molar-refractivity contribution is 7.89. The summed E-state index contributed by atoms with van der Waals surface area (Å²) < 4.78 is 26.7. The smallest absolute Gasteiger partial charge is 0.324 e. The summed E-state index contributed by atoms with van der Waals surface area (Å²) in [6.45, 7) is 1.18. The third-order valence-corrected chi connectivity index (χ3v) is 3.31. The van der Waals surface area contributed by atoms with E-state index in [1.165, 1.54) is 24.0 Å². The lowest BCUT2D eigenvalue weighted by atomic mass is 10.2. The first-order chi connectivity index (χ1) is 7.74. The molecule has 2 atom stereocenters. The number of sulfonamides is 1. The largest absolute Gasteiger partial charge is 0.480 e. The van der Waals surface area contributed by atoms with Gasteiger partial charge < -0.3 is 14.8 Å². The Morgan fingerprint density at radius 1 is 1.59 bits per heavy atom. The van der Waals surface area contributed by atoms with Crippen LogP contribution in [0.2, 0.25) is 0 Å². The minimum Gasteiger partial charge on any atom is -0.480 e. The lowest BCUT2D eigenvalue weighted by Crippen LogP contribution is -2.47. The quantitative estimate of drug-likeness (QED) is 0.596. The molecular weight excluding hydrogens is 250 g/mol. The van der Waals surface area contributed by atoms with Crippen LogP contribution in [0.25, 0.3) is 0 Å². The Bertz CT molecular complexity index is 507. The third kappa shape index (κ3) is 3.25.